The number of piperidine rings is 1. The van der Waals surface area contributed by atoms with Gasteiger partial charge in [-0.1, -0.05) is 33.1 Å². The second kappa shape index (κ2) is 8.15. The molecule has 1 aliphatic rings. The van der Waals surface area contributed by atoms with Crippen molar-refractivity contribution in [3.8, 4) is 0 Å². The van der Waals surface area contributed by atoms with Gasteiger partial charge in [0, 0.05) is 19.5 Å². The largest absolute Gasteiger partial charge is 0.341 e. The van der Waals surface area contributed by atoms with Crippen molar-refractivity contribution in [3.05, 3.63) is 12.7 Å². The van der Waals surface area contributed by atoms with Crippen molar-refractivity contribution in [3.63, 3.8) is 0 Å². The fourth-order valence-electron chi connectivity index (χ4n) is 3.12. The third-order valence-corrected chi connectivity index (χ3v) is 4.57. The molecule has 1 saturated heterocycles. The van der Waals surface area contributed by atoms with Crippen LogP contribution in [0, 0.1) is 5.92 Å². The van der Waals surface area contributed by atoms with E-state index in [1.165, 1.54) is 19.3 Å². The number of hydrogen-bond acceptors (Lipinski definition) is 3. The van der Waals surface area contributed by atoms with Crippen LogP contribution in [0.5, 0.6) is 0 Å². The van der Waals surface area contributed by atoms with E-state index < -0.39 is 0 Å². The molecule has 21 heavy (non-hydrogen) atoms. The third-order valence-electron chi connectivity index (χ3n) is 4.57. The number of hydrogen-bond donors (Lipinski definition) is 0. The van der Waals surface area contributed by atoms with Gasteiger partial charge in [-0.3, -0.25) is 4.79 Å². The van der Waals surface area contributed by atoms with Crippen LogP contribution < -0.4 is 0 Å². The highest BCUT2D eigenvalue weighted by molar-refractivity contribution is 5.76. The van der Waals surface area contributed by atoms with Crippen molar-refractivity contribution in [1.82, 2.24) is 19.7 Å². The highest BCUT2D eigenvalue weighted by atomic mass is 16.2. The number of aromatic nitrogens is 3. The van der Waals surface area contributed by atoms with Crippen LogP contribution in [0.25, 0.3) is 0 Å². The van der Waals surface area contributed by atoms with Crippen LogP contribution in [-0.2, 0) is 4.79 Å². The minimum atomic E-state index is 0.293. The van der Waals surface area contributed by atoms with Crippen LogP contribution in [0.2, 0.25) is 0 Å². The predicted octanol–water partition coefficient (Wildman–Crippen LogP) is 3.05. The molecule has 1 aromatic heterocycles. The van der Waals surface area contributed by atoms with Gasteiger partial charge in [-0.25, -0.2) is 9.67 Å². The number of likely N-dealkylation sites (tertiary alicyclic amines) is 1. The van der Waals surface area contributed by atoms with Gasteiger partial charge in [0.05, 0.1) is 6.04 Å². The molecule has 0 saturated carbocycles. The van der Waals surface area contributed by atoms with Crippen molar-refractivity contribution < 1.29 is 4.79 Å². The Balaban J connectivity index is 1.86. The molecular weight excluding hydrogens is 264 g/mol. The van der Waals surface area contributed by atoms with Crippen molar-refractivity contribution in [2.75, 3.05) is 13.1 Å². The average Bonchev–Trinajstić information content (AvgIpc) is 3.05. The second-order valence-electron chi connectivity index (χ2n) is 6.13. The first-order valence-corrected chi connectivity index (χ1v) is 8.36. The minimum absolute atomic E-state index is 0.293. The fraction of sp³-hybridized carbons (Fsp3) is 0.812. The number of amides is 1. The standard InChI is InChI=1S/C16H28N4O/c1-3-5-7-14(4-2)10-16(21)19-9-6-8-15(11-19)20-13-17-12-18-20/h12-15H,3-11H2,1-2H3/t14-,15+/m1/s1. The fourth-order valence-corrected chi connectivity index (χ4v) is 3.12. The third kappa shape index (κ3) is 4.55. The van der Waals surface area contributed by atoms with Crippen molar-refractivity contribution >= 4 is 5.91 Å². The lowest BCUT2D eigenvalue weighted by atomic mass is 9.94. The van der Waals surface area contributed by atoms with Gasteiger partial charge in [0.25, 0.3) is 0 Å². The summed E-state index contributed by atoms with van der Waals surface area (Å²) < 4.78 is 1.90. The zero-order valence-corrected chi connectivity index (χ0v) is 13.4. The Morgan fingerprint density at radius 2 is 2.29 bits per heavy atom. The predicted molar refractivity (Wildman–Crippen MR) is 82.8 cm³/mol. The maximum absolute atomic E-state index is 12.5. The van der Waals surface area contributed by atoms with Crippen molar-refractivity contribution in [1.29, 1.82) is 0 Å². The summed E-state index contributed by atoms with van der Waals surface area (Å²) in [6.07, 6.45) is 10.9. The summed E-state index contributed by atoms with van der Waals surface area (Å²) in [7, 11) is 0. The summed E-state index contributed by atoms with van der Waals surface area (Å²) in [5, 5.41) is 4.22. The average molecular weight is 292 g/mol. The number of carbonyl (C=O) groups excluding carboxylic acids is 1. The molecule has 0 spiro atoms. The monoisotopic (exact) mass is 292 g/mol. The second-order valence-corrected chi connectivity index (χ2v) is 6.13. The molecule has 0 unspecified atom stereocenters. The molecule has 1 amide bonds. The van der Waals surface area contributed by atoms with E-state index in [0.29, 0.717) is 24.3 Å². The highest BCUT2D eigenvalue weighted by Crippen LogP contribution is 2.23. The molecule has 0 N–H and O–H groups in total. The lowest BCUT2D eigenvalue weighted by molar-refractivity contribution is -0.134. The number of rotatable bonds is 7. The lowest BCUT2D eigenvalue weighted by Crippen LogP contribution is -2.41. The van der Waals surface area contributed by atoms with Gasteiger partial charge in [0.1, 0.15) is 12.7 Å². The van der Waals surface area contributed by atoms with Crippen LogP contribution in [0.1, 0.15) is 64.8 Å². The van der Waals surface area contributed by atoms with E-state index in [2.05, 4.69) is 23.9 Å². The Kier molecular flexibility index (Phi) is 6.21. The molecule has 2 heterocycles. The highest BCUT2D eigenvalue weighted by Gasteiger charge is 2.26. The Bertz CT molecular complexity index is 418. The van der Waals surface area contributed by atoms with Crippen LogP contribution >= 0.6 is 0 Å². The molecule has 5 nitrogen and oxygen atoms in total. The van der Waals surface area contributed by atoms with E-state index in [0.717, 1.165) is 32.4 Å². The number of unbranched alkanes of at least 4 members (excludes halogenated alkanes) is 1. The van der Waals surface area contributed by atoms with Gasteiger partial charge in [-0.05, 0) is 25.2 Å². The summed E-state index contributed by atoms with van der Waals surface area (Å²) in [6.45, 7) is 6.09. The summed E-state index contributed by atoms with van der Waals surface area (Å²) in [5.74, 6) is 0.868. The number of carbonyl (C=O) groups is 1. The normalized spacial score (nSPS) is 20.5. The first-order valence-electron chi connectivity index (χ1n) is 8.36. The topological polar surface area (TPSA) is 51.0 Å². The maximum atomic E-state index is 12.5. The quantitative estimate of drug-likeness (QED) is 0.776. The zero-order chi connectivity index (χ0) is 15.1. The summed E-state index contributed by atoms with van der Waals surface area (Å²) in [5.41, 5.74) is 0. The van der Waals surface area contributed by atoms with E-state index >= 15 is 0 Å². The summed E-state index contributed by atoms with van der Waals surface area (Å²) >= 11 is 0. The van der Waals surface area contributed by atoms with E-state index in [-0.39, 0.29) is 0 Å². The summed E-state index contributed by atoms with van der Waals surface area (Å²) in [6, 6.07) is 0.293. The molecule has 118 valence electrons. The molecule has 1 aliphatic heterocycles. The van der Waals surface area contributed by atoms with E-state index in [9.17, 15) is 4.79 Å². The smallest absolute Gasteiger partial charge is 0.222 e. The van der Waals surface area contributed by atoms with Crippen LogP contribution in [0.4, 0.5) is 0 Å². The Morgan fingerprint density at radius 3 is 2.95 bits per heavy atom. The van der Waals surface area contributed by atoms with Gasteiger partial charge in [-0.2, -0.15) is 5.10 Å². The Hall–Kier alpha value is -1.39. The Morgan fingerprint density at radius 1 is 1.43 bits per heavy atom. The molecule has 0 radical (unpaired) electrons. The van der Waals surface area contributed by atoms with Gasteiger partial charge >= 0.3 is 0 Å². The van der Waals surface area contributed by atoms with Crippen molar-refractivity contribution in [2.24, 2.45) is 5.92 Å². The summed E-state index contributed by atoms with van der Waals surface area (Å²) in [4.78, 5) is 18.6. The maximum Gasteiger partial charge on any atom is 0.222 e. The first kappa shape index (κ1) is 16.0. The zero-order valence-electron chi connectivity index (χ0n) is 13.4. The molecule has 0 aromatic carbocycles. The van der Waals surface area contributed by atoms with E-state index in [4.69, 9.17) is 0 Å². The first-order chi connectivity index (χ1) is 10.2. The molecule has 5 heteroatoms. The molecule has 2 atom stereocenters. The molecular formula is C16H28N4O. The minimum Gasteiger partial charge on any atom is -0.341 e. The Labute approximate surface area is 127 Å². The lowest BCUT2D eigenvalue weighted by Gasteiger charge is -2.33. The van der Waals surface area contributed by atoms with Crippen LogP contribution in [0.15, 0.2) is 12.7 Å². The van der Waals surface area contributed by atoms with E-state index in [1.807, 2.05) is 9.58 Å². The molecule has 1 fully saturated rings. The van der Waals surface area contributed by atoms with Crippen LogP contribution in [-0.4, -0.2) is 38.7 Å². The van der Waals surface area contributed by atoms with Gasteiger partial charge < -0.3 is 4.90 Å². The molecule has 2 rings (SSSR count). The van der Waals surface area contributed by atoms with E-state index in [1.54, 1.807) is 12.7 Å². The van der Waals surface area contributed by atoms with Crippen LogP contribution in [0.3, 0.4) is 0 Å². The molecule has 0 bridgehead atoms. The molecule has 0 aliphatic carbocycles. The number of nitrogens with zero attached hydrogens (tertiary/aromatic N) is 4. The molecule has 1 aromatic rings. The van der Waals surface area contributed by atoms with Gasteiger partial charge in [0.2, 0.25) is 5.91 Å². The van der Waals surface area contributed by atoms with Gasteiger partial charge in [-0.15, -0.1) is 0 Å². The van der Waals surface area contributed by atoms with Gasteiger partial charge in [0.15, 0.2) is 0 Å². The SMILES string of the molecule is CCCC[C@@H](CC)CC(=O)N1CCC[C@H](n2cncn2)C1. The van der Waals surface area contributed by atoms with Crippen molar-refractivity contribution in [2.45, 2.75) is 64.8 Å².